The normalized spacial score (nSPS) is 28.3. The predicted molar refractivity (Wildman–Crippen MR) is 90.2 cm³/mol. The van der Waals surface area contributed by atoms with Crippen LogP contribution in [0.25, 0.3) is 0 Å². The van der Waals surface area contributed by atoms with E-state index >= 15 is 0 Å². The summed E-state index contributed by atoms with van der Waals surface area (Å²) in [6.07, 6.45) is 1.23. The van der Waals surface area contributed by atoms with Crippen LogP contribution in [0, 0.1) is 0 Å². The van der Waals surface area contributed by atoms with Crippen molar-refractivity contribution in [2.75, 3.05) is 46.1 Å². The standard InChI is InChI=1S/C15H25N3O6S/c1-5-8-23-14(20)18-10-12(24-25(4,21)22)9-15(18,2)17-7-6-16(3)11-13(17)19/h5,12H,1,6-11H2,2-4H3/t12-,15+/m1/s1. The molecule has 142 valence electrons. The molecule has 9 nitrogen and oxygen atoms in total. The summed E-state index contributed by atoms with van der Waals surface area (Å²) in [4.78, 5) is 29.8. The van der Waals surface area contributed by atoms with E-state index in [1.54, 1.807) is 11.8 Å². The van der Waals surface area contributed by atoms with E-state index in [1.165, 1.54) is 11.0 Å². The predicted octanol–water partition coefficient (Wildman–Crippen LogP) is -0.150. The molecule has 2 fully saturated rings. The molecule has 25 heavy (non-hydrogen) atoms. The van der Waals surface area contributed by atoms with E-state index in [0.29, 0.717) is 13.1 Å². The van der Waals surface area contributed by atoms with Crippen molar-refractivity contribution in [3.63, 3.8) is 0 Å². The van der Waals surface area contributed by atoms with Crippen LogP contribution in [-0.2, 0) is 23.8 Å². The van der Waals surface area contributed by atoms with Gasteiger partial charge in [-0.1, -0.05) is 12.7 Å². The van der Waals surface area contributed by atoms with Gasteiger partial charge in [0.15, 0.2) is 0 Å². The molecule has 2 atom stereocenters. The zero-order valence-corrected chi connectivity index (χ0v) is 15.6. The topological polar surface area (TPSA) is 96.5 Å². The molecule has 0 N–H and O–H groups in total. The van der Waals surface area contributed by atoms with Crippen molar-refractivity contribution >= 4 is 22.1 Å². The second-order valence-corrected chi connectivity index (χ2v) is 8.20. The first kappa shape index (κ1) is 19.7. The van der Waals surface area contributed by atoms with Crippen molar-refractivity contribution in [1.82, 2.24) is 14.7 Å². The van der Waals surface area contributed by atoms with Crippen LogP contribution in [0.3, 0.4) is 0 Å². The monoisotopic (exact) mass is 375 g/mol. The maximum absolute atomic E-state index is 12.5. The lowest BCUT2D eigenvalue weighted by atomic mass is 10.0. The van der Waals surface area contributed by atoms with Crippen LogP contribution in [0.5, 0.6) is 0 Å². The molecule has 0 aromatic heterocycles. The Hall–Kier alpha value is -1.65. The van der Waals surface area contributed by atoms with Gasteiger partial charge in [-0.3, -0.25) is 18.8 Å². The molecule has 0 spiro atoms. The zero-order chi connectivity index (χ0) is 18.8. The van der Waals surface area contributed by atoms with Crippen LogP contribution in [0.4, 0.5) is 4.79 Å². The van der Waals surface area contributed by atoms with Gasteiger partial charge in [-0.25, -0.2) is 4.79 Å². The summed E-state index contributed by atoms with van der Waals surface area (Å²) in [6.45, 7) is 6.62. The van der Waals surface area contributed by atoms with Crippen molar-refractivity contribution < 1.29 is 26.9 Å². The van der Waals surface area contributed by atoms with E-state index in [2.05, 4.69) is 6.58 Å². The summed E-state index contributed by atoms with van der Waals surface area (Å²) in [5.74, 6) is -0.127. The minimum absolute atomic E-state index is 0.0269. The molecule has 0 bridgehead atoms. The van der Waals surface area contributed by atoms with Gasteiger partial charge >= 0.3 is 6.09 Å². The van der Waals surface area contributed by atoms with Crippen LogP contribution < -0.4 is 0 Å². The third kappa shape index (κ3) is 4.50. The number of piperazine rings is 1. The van der Waals surface area contributed by atoms with Crippen LogP contribution in [-0.4, -0.2) is 93.0 Å². The SMILES string of the molecule is C=CCOC(=O)N1C[C@H](OS(C)(=O)=O)C[C@@]1(C)N1CCN(C)CC1=O. The van der Waals surface area contributed by atoms with Gasteiger partial charge in [-0.05, 0) is 14.0 Å². The molecule has 2 aliphatic heterocycles. The summed E-state index contributed by atoms with van der Waals surface area (Å²) in [5, 5.41) is 0. The lowest BCUT2D eigenvalue weighted by molar-refractivity contribution is -0.148. The number of carbonyl (C=O) groups excluding carboxylic acids is 2. The lowest BCUT2D eigenvalue weighted by Gasteiger charge is -2.46. The Kier molecular flexibility index (Phi) is 5.75. The van der Waals surface area contributed by atoms with Gasteiger partial charge in [0.05, 0.1) is 25.4 Å². The summed E-state index contributed by atoms with van der Waals surface area (Å²) in [5.41, 5.74) is -1.01. The molecule has 0 radical (unpaired) electrons. The average molecular weight is 375 g/mol. The Balaban J connectivity index is 2.27. The van der Waals surface area contributed by atoms with Crippen LogP contribution in [0.15, 0.2) is 12.7 Å². The minimum Gasteiger partial charge on any atom is -0.445 e. The Morgan fingerprint density at radius 3 is 2.68 bits per heavy atom. The van der Waals surface area contributed by atoms with Gasteiger partial charge in [-0.2, -0.15) is 8.42 Å². The van der Waals surface area contributed by atoms with Crippen molar-refractivity contribution in [2.45, 2.75) is 25.1 Å². The minimum atomic E-state index is -3.68. The maximum atomic E-state index is 12.5. The smallest absolute Gasteiger partial charge is 0.412 e. The summed E-state index contributed by atoms with van der Waals surface area (Å²) < 4.78 is 33.1. The number of likely N-dealkylation sites (tertiary alicyclic amines) is 1. The van der Waals surface area contributed by atoms with Gasteiger partial charge in [-0.15, -0.1) is 0 Å². The first-order valence-electron chi connectivity index (χ1n) is 7.99. The fourth-order valence-electron chi connectivity index (χ4n) is 3.35. The van der Waals surface area contributed by atoms with Crippen molar-refractivity contribution in [1.29, 1.82) is 0 Å². The average Bonchev–Trinajstić information content (AvgIpc) is 2.79. The Morgan fingerprint density at radius 1 is 1.44 bits per heavy atom. The Bertz CT molecular complexity index is 652. The van der Waals surface area contributed by atoms with Crippen molar-refractivity contribution in [2.24, 2.45) is 0 Å². The lowest BCUT2D eigenvalue weighted by Crippen LogP contribution is -2.64. The van der Waals surface area contributed by atoms with E-state index in [9.17, 15) is 18.0 Å². The highest BCUT2D eigenvalue weighted by Crippen LogP contribution is 2.36. The third-order valence-corrected chi connectivity index (χ3v) is 5.05. The van der Waals surface area contributed by atoms with E-state index in [0.717, 1.165) is 6.26 Å². The number of amides is 2. The molecule has 0 aromatic rings. The molecule has 10 heteroatoms. The first-order valence-corrected chi connectivity index (χ1v) is 9.81. The highest BCUT2D eigenvalue weighted by Gasteiger charge is 2.52. The van der Waals surface area contributed by atoms with E-state index < -0.39 is 28.0 Å². The number of nitrogens with zero attached hydrogens (tertiary/aromatic N) is 3. The van der Waals surface area contributed by atoms with E-state index in [4.69, 9.17) is 8.92 Å². The molecule has 0 unspecified atom stereocenters. The summed E-state index contributed by atoms with van der Waals surface area (Å²) in [6, 6.07) is 0. The quantitative estimate of drug-likeness (QED) is 0.487. The van der Waals surface area contributed by atoms with Gasteiger partial charge < -0.3 is 9.64 Å². The summed E-state index contributed by atoms with van der Waals surface area (Å²) >= 11 is 0. The highest BCUT2D eigenvalue weighted by atomic mass is 32.2. The number of rotatable bonds is 5. The second kappa shape index (κ2) is 7.30. The molecular weight excluding hydrogens is 350 g/mol. The van der Waals surface area contributed by atoms with Crippen LogP contribution in [0.2, 0.25) is 0 Å². The molecular formula is C15H25N3O6S. The highest BCUT2D eigenvalue weighted by molar-refractivity contribution is 7.86. The van der Waals surface area contributed by atoms with Crippen molar-refractivity contribution in [3.8, 4) is 0 Å². The Morgan fingerprint density at radius 2 is 2.12 bits per heavy atom. The van der Waals surface area contributed by atoms with Gasteiger partial charge in [0.1, 0.15) is 12.3 Å². The van der Waals surface area contributed by atoms with Crippen molar-refractivity contribution in [3.05, 3.63) is 12.7 Å². The maximum Gasteiger partial charge on any atom is 0.412 e. The number of ether oxygens (including phenoxy) is 1. The van der Waals surface area contributed by atoms with Gasteiger partial charge in [0.2, 0.25) is 5.91 Å². The fraction of sp³-hybridized carbons (Fsp3) is 0.733. The molecule has 0 saturated carbocycles. The number of hydrogen-bond donors (Lipinski definition) is 0. The number of likely N-dealkylation sites (N-methyl/N-ethyl adjacent to an activating group) is 1. The second-order valence-electron chi connectivity index (χ2n) is 6.60. The molecule has 2 rings (SSSR count). The zero-order valence-electron chi connectivity index (χ0n) is 14.8. The van der Waals surface area contributed by atoms with Crippen LogP contribution >= 0.6 is 0 Å². The fourth-order valence-corrected chi connectivity index (χ4v) is 3.98. The largest absolute Gasteiger partial charge is 0.445 e. The van der Waals surface area contributed by atoms with E-state index in [-0.39, 0.29) is 32.0 Å². The molecule has 2 saturated heterocycles. The number of carbonyl (C=O) groups is 2. The summed E-state index contributed by atoms with van der Waals surface area (Å²) in [7, 11) is -1.84. The third-order valence-electron chi connectivity index (χ3n) is 4.43. The molecule has 2 amide bonds. The van der Waals surface area contributed by atoms with E-state index in [1.807, 2.05) is 11.9 Å². The molecule has 2 heterocycles. The first-order chi connectivity index (χ1) is 11.6. The molecule has 2 aliphatic rings. The van der Waals surface area contributed by atoms with Gasteiger partial charge in [0.25, 0.3) is 10.1 Å². The Labute approximate surface area is 148 Å². The number of hydrogen-bond acceptors (Lipinski definition) is 7. The van der Waals surface area contributed by atoms with Gasteiger partial charge in [0, 0.05) is 19.5 Å². The molecule has 0 aliphatic carbocycles. The van der Waals surface area contributed by atoms with Crippen LogP contribution in [0.1, 0.15) is 13.3 Å². The molecule has 0 aromatic carbocycles.